The van der Waals surface area contributed by atoms with Crippen molar-refractivity contribution in [1.82, 2.24) is 25.2 Å². The second kappa shape index (κ2) is 8.17. The SMILES string of the molecule is Cn1nc(C(F)(F)C(F)(F)F)c(C(F)(F)F)c1-c1nc(-c2ccc(Cl)c(C(=O)NC3CC3)c2)no1. The molecule has 3 aromatic rings. The van der Waals surface area contributed by atoms with Gasteiger partial charge in [-0.15, -0.1) is 0 Å². The summed E-state index contributed by atoms with van der Waals surface area (Å²) < 4.78 is 112. The van der Waals surface area contributed by atoms with Gasteiger partial charge in [0.05, 0.1) is 10.6 Å². The van der Waals surface area contributed by atoms with E-state index in [9.17, 15) is 39.9 Å². The summed E-state index contributed by atoms with van der Waals surface area (Å²) in [7, 11) is 0.715. The fourth-order valence-corrected chi connectivity index (χ4v) is 3.36. The highest BCUT2D eigenvalue weighted by Gasteiger charge is 2.64. The minimum atomic E-state index is -6.35. The van der Waals surface area contributed by atoms with Crippen molar-refractivity contribution in [3.05, 3.63) is 40.0 Å². The summed E-state index contributed by atoms with van der Waals surface area (Å²) >= 11 is 6.03. The van der Waals surface area contributed by atoms with Crippen molar-refractivity contribution >= 4 is 17.5 Å². The molecule has 1 N–H and O–H groups in total. The standard InChI is InChI=1S/C19H12ClF8N5O2/c1-33-12(11(18(23,24)25)13(31-33)17(21,22)19(26,27)28)16-30-14(32-35-16)7-2-5-10(20)9(6-7)15(34)29-8-3-4-8/h2,5-6,8H,3-4H2,1H3,(H,29,34). The van der Waals surface area contributed by atoms with Crippen LogP contribution in [0.3, 0.4) is 0 Å². The van der Waals surface area contributed by atoms with Crippen molar-refractivity contribution in [3.63, 3.8) is 0 Å². The molecule has 7 nitrogen and oxygen atoms in total. The van der Waals surface area contributed by atoms with Gasteiger partial charge in [-0.25, -0.2) is 0 Å². The Bertz CT molecular complexity index is 1290. The monoisotopic (exact) mass is 529 g/mol. The van der Waals surface area contributed by atoms with Crippen LogP contribution in [0.1, 0.15) is 34.5 Å². The number of nitrogens with one attached hydrogen (secondary N) is 1. The van der Waals surface area contributed by atoms with E-state index in [-0.39, 0.29) is 32.7 Å². The van der Waals surface area contributed by atoms with Crippen LogP contribution in [0.5, 0.6) is 0 Å². The molecule has 1 saturated carbocycles. The Morgan fingerprint density at radius 3 is 2.37 bits per heavy atom. The lowest BCUT2D eigenvalue weighted by molar-refractivity contribution is -0.292. The van der Waals surface area contributed by atoms with Crippen LogP contribution in [0.2, 0.25) is 5.02 Å². The van der Waals surface area contributed by atoms with E-state index >= 15 is 0 Å². The average Bonchev–Trinajstić information content (AvgIpc) is 3.27. The fraction of sp³-hybridized carbons (Fsp3) is 0.368. The highest BCUT2D eigenvalue weighted by atomic mass is 35.5. The van der Waals surface area contributed by atoms with Gasteiger partial charge < -0.3 is 9.84 Å². The summed E-state index contributed by atoms with van der Waals surface area (Å²) in [6.07, 6.45) is -10.5. The number of carbonyl (C=O) groups excluding carboxylic acids is 1. The zero-order valence-corrected chi connectivity index (χ0v) is 18.0. The molecule has 1 aliphatic carbocycles. The number of benzene rings is 1. The van der Waals surface area contributed by atoms with Crippen LogP contribution in [0.25, 0.3) is 23.0 Å². The van der Waals surface area contributed by atoms with Gasteiger partial charge in [-0.05, 0) is 31.0 Å². The largest absolute Gasteiger partial charge is 0.459 e. The van der Waals surface area contributed by atoms with E-state index in [4.69, 9.17) is 16.1 Å². The summed E-state index contributed by atoms with van der Waals surface area (Å²) in [5.41, 5.74) is -6.16. The van der Waals surface area contributed by atoms with E-state index in [1.807, 2.05) is 0 Å². The zero-order chi connectivity index (χ0) is 25.9. The maximum Gasteiger partial charge on any atom is 0.459 e. The number of hydrogen-bond acceptors (Lipinski definition) is 5. The quantitative estimate of drug-likeness (QED) is 0.450. The second-order valence-corrected chi connectivity index (χ2v) is 8.04. The Morgan fingerprint density at radius 1 is 1.14 bits per heavy atom. The topological polar surface area (TPSA) is 85.8 Å². The van der Waals surface area contributed by atoms with Crippen molar-refractivity contribution in [2.24, 2.45) is 7.05 Å². The maximum atomic E-state index is 13.9. The number of hydrogen-bond donors (Lipinski definition) is 1. The Kier molecular flexibility index (Phi) is 5.81. The smallest absolute Gasteiger partial charge is 0.349 e. The first-order valence-corrected chi connectivity index (χ1v) is 10.0. The number of nitrogens with zero attached hydrogens (tertiary/aromatic N) is 4. The molecule has 16 heteroatoms. The van der Waals surface area contributed by atoms with Crippen LogP contribution >= 0.6 is 11.6 Å². The molecule has 2 aromatic heterocycles. The van der Waals surface area contributed by atoms with E-state index in [0.29, 0.717) is 7.05 Å². The van der Waals surface area contributed by atoms with Gasteiger partial charge in [0.15, 0.2) is 5.69 Å². The molecule has 0 atom stereocenters. The van der Waals surface area contributed by atoms with Gasteiger partial charge in [-0.2, -0.15) is 45.2 Å². The fourth-order valence-electron chi connectivity index (χ4n) is 3.16. The first-order chi connectivity index (χ1) is 16.1. The predicted molar refractivity (Wildman–Crippen MR) is 102 cm³/mol. The molecule has 35 heavy (non-hydrogen) atoms. The molecule has 2 heterocycles. The summed E-state index contributed by atoms with van der Waals surface area (Å²) in [6.45, 7) is 0. The molecule has 0 radical (unpaired) electrons. The van der Waals surface area contributed by atoms with Crippen molar-refractivity contribution in [1.29, 1.82) is 0 Å². The molecule has 1 fully saturated rings. The molecule has 4 rings (SSSR count). The van der Waals surface area contributed by atoms with Gasteiger partial charge >= 0.3 is 18.3 Å². The van der Waals surface area contributed by atoms with Gasteiger partial charge in [0.2, 0.25) is 5.82 Å². The third-order valence-corrected chi connectivity index (χ3v) is 5.32. The molecular weight excluding hydrogens is 518 g/mol. The minimum absolute atomic E-state index is 0.00559. The van der Waals surface area contributed by atoms with E-state index in [1.165, 1.54) is 18.2 Å². The van der Waals surface area contributed by atoms with E-state index in [2.05, 4.69) is 20.6 Å². The van der Waals surface area contributed by atoms with Crippen LogP contribution in [0.15, 0.2) is 22.7 Å². The molecule has 0 bridgehead atoms. The van der Waals surface area contributed by atoms with Crippen molar-refractivity contribution in [3.8, 4) is 23.0 Å². The Morgan fingerprint density at radius 2 is 1.80 bits per heavy atom. The lowest BCUT2D eigenvalue weighted by atomic mass is 10.1. The molecule has 0 unspecified atom stereocenters. The van der Waals surface area contributed by atoms with E-state index in [1.54, 1.807) is 0 Å². The van der Waals surface area contributed by atoms with Crippen LogP contribution < -0.4 is 5.32 Å². The number of aryl methyl sites for hydroxylation is 1. The highest BCUT2D eigenvalue weighted by Crippen LogP contribution is 2.50. The van der Waals surface area contributed by atoms with Gasteiger partial charge in [-0.3, -0.25) is 9.48 Å². The minimum Gasteiger partial charge on any atom is -0.349 e. The van der Waals surface area contributed by atoms with Crippen LogP contribution in [-0.2, 0) is 19.1 Å². The molecule has 1 amide bonds. The summed E-state index contributed by atoms with van der Waals surface area (Å²) in [6, 6.07) is 3.82. The molecular formula is C19H12ClF8N5O2. The number of amides is 1. The highest BCUT2D eigenvalue weighted by molar-refractivity contribution is 6.34. The summed E-state index contributed by atoms with van der Waals surface area (Å²) in [4.78, 5) is 16.1. The van der Waals surface area contributed by atoms with Crippen LogP contribution in [0.4, 0.5) is 35.1 Å². The van der Waals surface area contributed by atoms with Crippen LogP contribution in [0, 0.1) is 0 Å². The predicted octanol–water partition coefficient (Wildman–Crippen LogP) is 5.36. The van der Waals surface area contributed by atoms with Gasteiger partial charge in [-0.1, -0.05) is 16.8 Å². The van der Waals surface area contributed by atoms with Crippen molar-refractivity contribution in [2.75, 3.05) is 0 Å². The molecule has 188 valence electrons. The maximum absolute atomic E-state index is 13.9. The third-order valence-electron chi connectivity index (χ3n) is 4.99. The van der Waals surface area contributed by atoms with E-state index < -0.39 is 47.0 Å². The summed E-state index contributed by atoms with van der Waals surface area (Å²) in [5, 5.41) is 9.01. The van der Waals surface area contributed by atoms with Gasteiger partial charge in [0, 0.05) is 18.7 Å². The summed E-state index contributed by atoms with van der Waals surface area (Å²) in [5.74, 6) is -7.84. The third kappa shape index (κ3) is 4.56. The lowest BCUT2D eigenvalue weighted by Crippen LogP contribution is -2.36. The van der Waals surface area contributed by atoms with Gasteiger partial charge in [0.25, 0.3) is 11.8 Å². The second-order valence-electron chi connectivity index (χ2n) is 7.63. The Hall–Kier alpha value is -3.23. The number of rotatable bonds is 5. The van der Waals surface area contributed by atoms with Crippen molar-refractivity contribution < 1.29 is 44.4 Å². The zero-order valence-electron chi connectivity index (χ0n) is 17.2. The molecule has 0 saturated heterocycles. The number of halogens is 9. The average molecular weight is 530 g/mol. The number of alkyl halides is 8. The molecule has 1 aromatic carbocycles. The lowest BCUT2D eigenvalue weighted by Gasteiger charge is -2.19. The molecule has 0 spiro atoms. The molecule has 1 aliphatic rings. The first-order valence-electron chi connectivity index (χ1n) is 9.65. The number of carbonyl (C=O) groups is 1. The number of aromatic nitrogens is 4. The normalized spacial score (nSPS) is 14.9. The van der Waals surface area contributed by atoms with Crippen molar-refractivity contribution in [2.45, 2.75) is 37.2 Å². The Balaban J connectivity index is 1.79. The molecule has 0 aliphatic heterocycles. The first kappa shape index (κ1) is 24.9. The Labute approximate surface area is 195 Å². The van der Waals surface area contributed by atoms with Gasteiger partial charge in [0.1, 0.15) is 11.3 Å². The van der Waals surface area contributed by atoms with Crippen LogP contribution in [-0.4, -0.2) is 38.0 Å². The van der Waals surface area contributed by atoms with E-state index in [0.717, 1.165) is 12.8 Å².